The number of hydrogen-bond acceptors (Lipinski definition) is 7. The van der Waals surface area contributed by atoms with Gasteiger partial charge in [0, 0.05) is 22.1 Å². The highest BCUT2D eigenvalue weighted by Gasteiger charge is 2.23. The normalized spacial score (nSPS) is 11.5. The molecule has 1 aliphatic rings. The summed E-state index contributed by atoms with van der Waals surface area (Å²) >= 11 is 1.33. The van der Waals surface area contributed by atoms with Crippen molar-refractivity contribution in [3.8, 4) is 27.7 Å². The van der Waals surface area contributed by atoms with E-state index in [1.807, 2.05) is 24.3 Å². The Hall–Kier alpha value is -3.52. The van der Waals surface area contributed by atoms with Crippen LogP contribution in [0.2, 0.25) is 0 Å². The Morgan fingerprint density at radius 2 is 1.93 bits per heavy atom. The molecular weight excluding hydrogens is 406 g/mol. The Morgan fingerprint density at radius 3 is 2.73 bits per heavy atom. The van der Waals surface area contributed by atoms with Crippen molar-refractivity contribution in [1.82, 2.24) is 0 Å². The summed E-state index contributed by atoms with van der Waals surface area (Å²) in [6, 6.07) is 14.4. The lowest BCUT2D eigenvalue weighted by molar-refractivity contribution is -0.119. The summed E-state index contributed by atoms with van der Waals surface area (Å²) in [4.78, 5) is 26.1. The number of esters is 1. The third kappa shape index (κ3) is 3.95. The fourth-order valence-corrected chi connectivity index (χ4v) is 4.18. The predicted octanol–water partition coefficient (Wildman–Crippen LogP) is 4.12. The van der Waals surface area contributed by atoms with Crippen molar-refractivity contribution in [1.29, 1.82) is 0 Å². The third-order valence-electron chi connectivity index (χ3n) is 4.54. The van der Waals surface area contributed by atoms with Crippen molar-refractivity contribution in [3.05, 3.63) is 59.0 Å². The molecule has 0 fully saturated rings. The maximum atomic E-state index is 12.5. The number of carbonyl (C=O) groups excluding carboxylic acids is 2. The molecule has 0 unspecified atom stereocenters. The van der Waals surface area contributed by atoms with E-state index in [9.17, 15) is 9.59 Å². The van der Waals surface area contributed by atoms with Crippen molar-refractivity contribution in [2.24, 2.45) is 0 Å². The molecule has 0 bridgehead atoms. The number of anilines is 1. The van der Waals surface area contributed by atoms with Crippen LogP contribution in [0, 0.1) is 0 Å². The molecule has 30 heavy (non-hydrogen) atoms. The van der Waals surface area contributed by atoms with Crippen molar-refractivity contribution >= 4 is 28.9 Å². The van der Waals surface area contributed by atoms with Gasteiger partial charge in [-0.05, 0) is 30.3 Å². The molecule has 0 spiro atoms. The van der Waals surface area contributed by atoms with E-state index in [1.165, 1.54) is 18.4 Å². The van der Waals surface area contributed by atoms with Gasteiger partial charge >= 0.3 is 5.97 Å². The molecule has 0 aliphatic carbocycles. The van der Waals surface area contributed by atoms with E-state index in [4.69, 9.17) is 18.9 Å². The second-order valence-electron chi connectivity index (χ2n) is 6.44. The van der Waals surface area contributed by atoms with Gasteiger partial charge < -0.3 is 24.3 Å². The minimum absolute atomic E-state index is 0.397. The lowest BCUT2D eigenvalue weighted by Crippen LogP contribution is -2.21. The molecule has 0 saturated carbocycles. The molecule has 1 amide bonds. The number of hydrogen-bond donors (Lipinski definition) is 1. The summed E-state index contributed by atoms with van der Waals surface area (Å²) in [6.45, 7) is -0.0163. The molecule has 4 rings (SSSR count). The lowest BCUT2D eigenvalue weighted by Gasteiger charge is -2.16. The first-order chi connectivity index (χ1) is 14.6. The summed E-state index contributed by atoms with van der Waals surface area (Å²) < 4.78 is 21.3. The number of para-hydroxylation sites is 1. The Bertz CT molecular complexity index is 1110. The van der Waals surface area contributed by atoms with Crippen LogP contribution in [0.25, 0.3) is 10.4 Å². The average Bonchev–Trinajstić information content (AvgIpc) is 3.23. The SMILES string of the molecule is COc1ccc(NC(=O)COC(=O)c2cc3c(s2)-c2ccccc2OC3)c(OC)c1. The summed E-state index contributed by atoms with van der Waals surface area (Å²) in [5.41, 5.74) is 2.34. The van der Waals surface area contributed by atoms with E-state index < -0.39 is 18.5 Å². The monoisotopic (exact) mass is 425 g/mol. The van der Waals surface area contributed by atoms with Crippen molar-refractivity contribution in [2.75, 3.05) is 26.1 Å². The third-order valence-corrected chi connectivity index (χ3v) is 5.73. The minimum Gasteiger partial charge on any atom is -0.497 e. The second kappa shape index (κ2) is 8.46. The maximum Gasteiger partial charge on any atom is 0.348 e. The van der Waals surface area contributed by atoms with Crippen molar-refractivity contribution in [3.63, 3.8) is 0 Å². The lowest BCUT2D eigenvalue weighted by atomic mass is 10.1. The smallest absolute Gasteiger partial charge is 0.348 e. The predicted molar refractivity (Wildman–Crippen MR) is 113 cm³/mol. The summed E-state index contributed by atoms with van der Waals surface area (Å²) in [7, 11) is 3.03. The summed E-state index contributed by atoms with van der Waals surface area (Å²) in [5.74, 6) is 0.812. The van der Waals surface area contributed by atoms with E-state index in [1.54, 1.807) is 31.4 Å². The zero-order valence-electron chi connectivity index (χ0n) is 16.4. The largest absolute Gasteiger partial charge is 0.497 e. The average molecular weight is 425 g/mol. The zero-order valence-corrected chi connectivity index (χ0v) is 17.2. The van der Waals surface area contributed by atoms with Crippen LogP contribution in [0.15, 0.2) is 48.5 Å². The van der Waals surface area contributed by atoms with Crippen LogP contribution in [0.1, 0.15) is 15.2 Å². The van der Waals surface area contributed by atoms with Gasteiger partial charge in [-0.15, -0.1) is 11.3 Å². The quantitative estimate of drug-likeness (QED) is 0.598. The van der Waals surface area contributed by atoms with Gasteiger partial charge in [0.05, 0.1) is 19.9 Å². The topological polar surface area (TPSA) is 83.1 Å². The highest BCUT2D eigenvalue weighted by molar-refractivity contribution is 7.17. The molecular formula is C22H19NO6S. The number of benzene rings is 2. The van der Waals surface area contributed by atoms with E-state index in [2.05, 4.69) is 5.32 Å². The Morgan fingerprint density at radius 1 is 1.10 bits per heavy atom. The van der Waals surface area contributed by atoms with Crippen molar-refractivity contribution < 1.29 is 28.5 Å². The van der Waals surface area contributed by atoms with E-state index in [-0.39, 0.29) is 0 Å². The molecule has 2 aromatic carbocycles. The number of amides is 1. The van der Waals surface area contributed by atoms with Gasteiger partial charge in [-0.2, -0.15) is 0 Å². The molecule has 8 heteroatoms. The number of thiophene rings is 1. The number of nitrogens with one attached hydrogen (secondary N) is 1. The van der Waals surface area contributed by atoms with Crippen LogP contribution in [0.3, 0.4) is 0 Å². The standard InChI is InChI=1S/C22H19NO6S/c1-26-14-7-8-16(18(10-14)27-2)23-20(24)12-29-22(25)19-9-13-11-28-17-6-4-3-5-15(17)21(13)30-19/h3-10H,11-12H2,1-2H3,(H,23,24). The number of ether oxygens (including phenoxy) is 4. The fourth-order valence-electron chi connectivity index (χ4n) is 3.09. The van der Waals surface area contributed by atoms with Crippen LogP contribution in [-0.4, -0.2) is 32.7 Å². The highest BCUT2D eigenvalue weighted by Crippen LogP contribution is 2.42. The summed E-state index contributed by atoms with van der Waals surface area (Å²) in [5, 5.41) is 2.67. The van der Waals surface area contributed by atoms with Gasteiger partial charge in [-0.3, -0.25) is 4.79 Å². The molecule has 2 heterocycles. The molecule has 154 valence electrons. The fraction of sp³-hybridized carbons (Fsp3) is 0.182. The maximum absolute atomic E-state index is 12.5. The first-order valence-electron chi connectivity index (χ1n) is 9.13. The number of fused-ring (bicyclic) bond motifs is 3. The van der Waals surface area contributed by atoms with Gasteiger partial charge in [-0.25, -0.2) is 4.79 Å². The van der Waals surface area contributed by atoms with E-state index >= 15 is 0 Å². The second-order valence-corrected chi connectivity index (χ2v) is 7.49. The van der Waals surface area contributed by atoms with Gasteiger partial charge in [0.25, 0.3) is 5.91 Å². The Labute approximate surface area is 177 Å². The molecule has 1 N–H and O–H groups in total. The molecule has 7 nitrogen and oxygen atoms in total. The van der Waals surface area contributed by atoms with Gasteiger partial charge in [0.15, 0.2) is 6.61 Å². The summed E-state index contributed by atoms with van der Waals surface area (Å²) in [6.07, 6.45) is 0. The van der Waals surface area contributed by atoms with Crippen LogP contribution < -0.4 is 19.5 Å². The molecule has 0 saturated heterocycles. The first kappa shape index (κ1) is 19.8. The van der Waals surface area contributed by atoms with Gasteiger partial charge in [0.1, 0.15) is 28.7 Å². The zero-order chi connectivity index (χ0) is 21.1. The van der Waals surface area contributed by atoms with Gasteiger partial charge in [-0.1, -0.05) is 12.1 Å². The highest BCUT2D eigenvalue weighted by atomic mass is 32.1. The molecule has 0 radical (unpaired) electrons. The van der Waals surface area contributed by atoms with E-state index in [0.717, 1.165) is 21.8 Å². The van der Waals surface area contributed by atoms with Crippen molar-refractivity contribution in [2.45, 2.75) is 6.61 Å². The first-order valence-corrected chi connectivity index (χ1v) is 9.94. The molecule has 3 aromatic rings. The van der Waals surface area contributed by atoms with Crippen LogP contribution in [0.4, 0.5) is 5.69 Å². The minimum atomic E-state index is -0.552. The van der Waals surface area contributed by atoms with Crippen LogP contribution >= 0.6 is 11.3 Å². The number of rotatable bonds is 6. The molecule has 0 atom stereocenters. The number of carbonyl (C=O) groups is 2. The molecule has 1 aromatic heterocycles. The molecule has 1 aliphatic heterocycles. The van der Waals surface area contributed by atoms with Crippen LogP contribution in [-0.2, 0) is 16.1 Å². The van der Waals surface area contributed by atoms with Crippen LogP contribution in [0.5, 0.6) is 17.2 Å². The van der Waals surface area contributed by atoms with Gasteiger partial charge in [0.2, 0.25) is 0 Å². The number of methoxy groups -OCH3 is 2. The Balaban J connectivity index is 1.40. The Kier molecular flexibility index (Phi) is 5.58. The van der Waals surface area contributed by atoms with E-state index in [0.29, 0.717) is 28.7 Å².